The molecule has 5 heteroatoms. The molecule has 1 N–H and O–H groups in total. The van der Waals surface area contributed by atoms with E-state index in [1.54, 1.807) is 6.07 Å². The van der Waals surface area contributed by atoms with Crippen LogP contribution in [0.2, 0.25) is 0 Å². The summed E-state index contributed by atoms with van der Waals surface area (Å²) in [6.07, 6.45) is 0. The van der Waals surface area contributed by atoms with Crippen molar-refractivity contribution in [2.75, 3.05) is 11.9 Å². The third-order valence-electron chi connectivity index (χ3n) is 5.50. The minimum Gasteiger partial charge on any atom is -0.452 e. The number of carbonyl (C=O) groups excluding carboxylic acids is 2. The fourth-order valence-corrected chi connectivity index (χ4v) is 3.50. The molecule has 32 heavy (non-hydrogen) atoms. The van der Waals surface area contributed by atoms with E-state index in [4.69, 9.17) is 9.72 Å². The average molecular weight is 425 g/mol. The monoisotopic (exact) mass is 424 g/mol. The van der Waals surface area contributed by atoms with E-state index in [1.807, 2.05) is 87.5 Å². The van der Waals surface area contributed by atoms with Crippen LogP contribution in [0, 0.1) is 20.8 Å². The minimum absolute atomic E-state index is 0.372. The number of amides is 1. The molecule has 0 fully saturated rings. The number of ether oxygens (including phenoxy) is 1. The molecule has 0 unspecified atom stereocenters. The smallest absolute Gasteiger partial charge is 0.339 e. The molecule has 0 aliphatic rings. The average Bonchev–Trinajstić information content (AvgIpc) is 2.80. The first-order valence-corrected chi connectivity index (χ1v) is 10.4. The highest BCUT2D eigenvalue weighted by atomic mass is 16.5. The summed E-state index contributed by atoms with van der Waals surface area (Å²) in [4.78, 5) is 30.0. The number of nitrogens with one attached hydrogen (secondary N) is 1. The van der Waals surface area contributed by atoms with E-state index in [9.17, 15) is 9.59 Å². The summed E-state index contributed by atoms with van der Waals surface area (Å²) in [5.41, 5.74) is 6.56. The zero-order chi connectivity index (χ0) is 22.7. The lowest BCUT2D eigenvalue weighted by Crippen LogP contribution is -2.21. The molecule has 3 aromatic carbocycles. The third-order valence-corrected chi connectivity index (χ3v) is 5.50. The van der Waals surface area contributed by atoms with Gasteiger partial charge in [0.15, 0.2) is 6.61 Å². The van der Waals surface area contributed by atoms with E-state index in [-0.39, 0.29) is 12.5 Å². The molecular weight excluding hydrogens is 400 g/mol. The Morgan fingerprint density at radius 3 is 2.44 bits per heavy atom. The number of hydrogen-bond acceptors (Lipinski definition) is 4. The molecule has 0 radical (unpaired) electrons. The van der Waals surface area contributed by atoms with Crippen LogP contribution >= 0.6 is 0 Å². The minimum atomic E-state index is -0.562. The van der Waals surface area contributed by atoms with Gasteiger partial charge in [0.05, 0.1) is 16.8 Å². The Labute approximate surface area is 187 Å². The van der Waals surface area contributed by atoms with Gasteiger partial charge >= 0.3 is 5.97 Å². The van der Waals surface area contributed by atoms with Crippen LogP contribution in [-0.4, -0.2) is 23.5 Å². The summed E-state index contributed by atoms with van der Waals surface area (Å²) in [7, 11) is 0. The van der Waals surface area contributed by atoms with Crippen LogP contribution in [0.4, 0.5) is 5.69 Å². The number of para-hydroxylation sites is 1. The van der Waals surface area contributed by atoms with Crippen LogP contribution in [-0.2, 0) is 9.53 Å². The molecule has 4 aromatic rings. The summed E-state index contributed by atoms with van der Waals surface area (Å²) < 4.78 is 5.37. The maximum Gasteiger partial charge on any atom is 0.339 e. The van der Waals surface area contributed by atoms with E-state index >= 15 is 0 Å². The molecule has 4 rings (SSSR count). The molecular formula is C27H24N2O3. The van der Waals surface area contributed by atoms with Crippen molar-refractivity contribution < 1.29 is 14.3 Å². The number of fused-ring (bicyclic) bond motifs is 1. The number of rotatable bonds is 5. The lowest BCUT2D eigenvalue weighted by Gasteiger charge is -2.12. The largest absolute Gasteiger partial charge is 0.452 e. The van der Waals surface area contributed by atoms with Crippen molar-refractivity contribution in [3.8, 4) is 11.3 Å². The number of aromatic nitrogens is 1. The van der Waals surface area contributed by atoms with Crippen LogP contribution in [0.1, 0.15) is 27.0 Å². The first-order chi connectivity index (χ1) is 15.4. The SMILES string of the molecule is Cc1ccc(-c2cc(C(=O)OCC(=O)Nc3cccc(C)c3C)c3ccccc3n2)cc1. The van der Waals surface area contributed by atoms with Gasteiger partial charge in [-0.3, -0.25) is 4.79 Å². The second kappa shape index (κ2) is 9.02. The van der Waals surface area contributed by atoms with Gasteiger partial charge in [-0.2, -0.15) is 0 Å². The summed E-state index contributed by atoms with van der Waals surface area (Å²) in [6, 6.07) is 22.8. The van der Waals surface area contributed by atoms with Crippen LogP contribution in [0.25, 0.3) is 22.2 Å². The lowest BCUT2D eigenvalue weighted by atomic mass is 10.0. The number of carbonyl (C=O) groups is 2. The van der Waals surface area contributed by atoms with Gasteiger partial charge in [-0.25, -0.2) is 9.78 Å². The summed E-state index contributed by atoms with van der Waals surface area (Å²) >= 11 is 0. The molecule has 160 valence electrons. The zero-order valence-corrected chi connectivity index (χ0v) is 18.3. The van der Waals surface area contributed by atoms with Gasteiger partial charge in [0, 0.05) is 16.6 Å². The van der Waals surface area contributed by atoms with Gasteiger partial charge in [-0.1, -0.05) is 60.2 Å². The Morgan fingerprint density at radius 1 is 0.906 bits per heavy atom. The predicted octanol–water partition coefficient (Wildman–Crippen LogP) is 5.62. The zero-order valence-electron chi connectivity index (χ0n) is 18.3. The molecule has 0 atom stereocenters. The van der Waals surface area contributed by atoms with Gasteiger partial charge in [0.25, 0.3) is 5.91 Å². The summed E-state index contributed by atoms with van der Waals surface area (Å²) in [5.74, 6) is -0.947. The molecule has 0 saturated carbocycles. The van der Waals surface area contributed by atoms with Crippen molar-refractivity contribution >= 4 is 28.5 Å². The van der Waals surface area contributed by atoms with E-state index in [1.165, 1.54) is 0 Å². The van der Waals surface area contributed by atoms with E-state index in [0.717, 1.165) is 22.3 Å². The van der Waals surface area contributed by atoms with E-state index in [0.29, 0.717) is 27.8 Å². The van der Waals surface area contributed by atoms with Crippen molar-refractivity contribution in [3.05, 3.63) is 95.1 Å². The molecule has 0 spiro atoms. The maximum absolute atomic E-state index is 12.9. The number of esters is 1. The Bertz CT molecular complexity index is 1310. The van der Waals surface area contributed by atoms with Gasteiger partial charge < -0.3 is 10.1 Å². The van der Waals surface area contributed by atoms with Crippen molar-refractivity contribution in [2.45, 2.75) is 20.8 Å². The van der Waals surface area contributed by atoms with Gasteiger partial charge in [0.2, 0.25) is 0 Å². The predicted molar refractivity (Wildman–Crippen MR) is 127 cm³/mol. The Hall–Kier alpha value is -3.99. The van der Waals surface area contributed by atoms with Crippen LogP contribution in [0.5, 0.6) is 0 Å². The number of nitrogens with zero attached hydrogens (tertiary/aromatic N) is 1. The number of hydrogen-bond donors (Lipinski definition) is 1. The molecule has 5 nitrogen and oxygen atoms in total. The second-order valence-electron chi connectivity index (χ2n) is 7.81. The highest BCUT2D eigenvalue weighted by Gasteiger charge is 2.17. The number of benzene rings is 3. The van der Waals surface area contributed by atoms with Crippen molar-refractivity contribution in [3.63, 3.8) is 0 Å². The first kappa shape index (κ1) is 21.2. The fraction of sp³-hybridized carbons (Fsp3) is 0.148. The summed E-state index contributed by atoms with van der Waals surface area (Å²) in [6.45, 7) is 5.56. The molecule has 0 aliphatic carbocycles. The fourth-order valence-electron chi connectivity index (χ4n) is 3.50. The normalized spacial score (nSPS) is 10.7. The molecule has 1 amide bonds. The quantitative estimate of drug-likeness (QED) is 0.422. The third kappa shape index (κ3) is 4.52. The Kier molecular flexibility index (Phi) is 5.99. The highest BCUT2D eigenvalue weighted by molar-refractivity contribution is 6.05. The van der Waals surface area contributed by atoms with Gasteiger partial charge in [0.1, 0.15) is 0 Å². The number of aryl methyl sites for hydroxylation is 2. The Balaban J connectivity index is 1.56. The van der Waals surface area contributed by atoms with Crippen molar-refractivity contribution in [1.29, 1.82) is 0 Å². The second-order valence-corrected chi connectivity index (χ2v) is 7.81. The topological polar surface area (TPSA) is 68.3 Å². The standard InChI is InChI=1S/C27H24N2O3/c1-17-11-13-20(14-12-17)25-15-22(21-8-4-5-9-24(21)28-25)27(31)32-16-26(30)29-23-10-6-7-18(2)19(23)3/h4-15H,16H2,1-3H3,(H,29,30). The van der Waals surface area contributed by atoms with Crippen LogP contribution in [0.3, 0.4) is 0 Å². The molecule has 1 heterocycles. The first-order valence-electron chi connectivity index (χ1n) is 10.4. The van der Waals surface area contributed by atoms with E-state index < -0.39 is 5.97 Å². The Morgan fingerprint density at radius 2 is 1.66 bits per heavy atom. The highest BCUT2D eigenvalue weighted by Crippen LogP contribution is 2.26. The molecule has 0 bridgehead atoms. The van der Waals surface area contributed by atoms with Gasteiger partial charge in [-0.15, -0.1) is 0 Å². The summed E-state index contributed by atoms with van der Waals surface area (Å²) in [5, 5.41) is 3.49. The van der Waals surface area contributed by atoms with Crippen LogP contribution < -0.4 is 5.32 Å². The van der Waals surface area contributed by atoms with Crippen molar-refractivity contribution in [1.82, 2.24) is 4.98 Å². The van der Waals surface area contributed by atoms with Crippen LogP contribution in [0.15, 0.2) is 72.8 Å². The maximum atomic E-state index is 12.9. The molecule has 0 saturated heterocycles. The molecule has 1 aromatic heterocycles. The number of anilines is 1. The number of pyridine rings is 1. The van der Waals surface area contributed by atoms with Crippen molar-refractivity contribution in [2.24, 2.45) is 0 Å². The lowest BCUT2D eigenvalue weighted by molar-refractivity contribution is -0.119. The van der Waals surface area contributed by atoms with Gasteiger partial charge in [-0.05, 0) is 50.1 Å². The molecule has 0 aliphatic heterocycles. The van der Waals surface area contributed by atoms with E-state index in [2.05, 4.69) is 5.32 Å².